The van der Waals surface area contributed by atoms with Gasteiger partial charge in [0.1, 0.15) is 6.07 Å². The molecule has 1 aromatic heterocycles. The van der Waals surface area contributed by atoms with Crippen LogP contribution in [0.2, 0.25) is 0 Å². The summed E-state index contributed by atoms with van der Waals surface area (Å²) in [6, 6.07) is 15.8. The SMILES string of the molecule is N#Cc1cccnc1Cc1ccccc1. The van der Waals surface area contributed by atoms with Gasteiger partial charge in [0.2, 0.25) is 0 Å². The van der Waals surface area contributed by atoms with Crippen molar-refractivity contribution in [2.75, 3.05) is 0 Å². The van der Waals surface area contributed by atoms with Crippen molar-refractivity contribution in [3.8, 4) is 6.07 Å². The van der Waals surface area contributed by atoms with Gasteiger partial charge in [0.25, 0.3) is 0 Å². The third-order valence-corrected chi connectivity index (χ3v) is 2.23. The minimum atomic E-state index is 0.654. The van der Waals surface area contributed by atoms with Crippen molar-refractivity contribution in [3.05, 3.63) is 65.5 Å². The number of nitrogens with zero attached hydrogens (tertiary/aromatic N) is 2. The number of aromatic nitrogens is 1. The molecule has 2 aromatic rings. The van der Waals surface area contributed by atoms with Crippen LogP contribution in [0.1, 0.15) is 16.8 Å². The molecule has 2 rings (SSSR count). The van der Waals surface area contributed by atoms with E-state index in [2.05, 4.69) is 11.1 Å². The summed E-state index contributed by atoms with van der Waals surface area (Å²) >= 11 is 0. The average molecular weight is 194 g/mol. The van der Waals surface area contributed by atoms with Crippen LogP contribution in [-0.2, 0) is 6.42 Å². The molecule has 0 radical (unpaired) electrons. The van der Waals surface area contributed by atoms with E-state index in [-0.39, 0.29) is 0 Å². The van der Waals surface area contributed by atoms with E-state index in [1.54, 1.807) is 18.3 Å². The minimum absolute atomic E-state index is 0.654. The molecule has 0 bridgehead atoms. The van der Waals surface area contributed by atoms with E-state index in [1.165, 1.54) is 5.56 Å². The smallest absolute Gasteiger partial charge is 0.101 e. The summed E-state index contributed by atoms with van der Waals surface area (Å²) < 4.78 is 0. The van der Waals surface area contributed by atoms with Crippen LogP contribution < -0.4 is 0 Å². The zero-order chi connectivity index (χ0) is 10.5. The largest absolute Gasteiger partial charge is 0.260 e. The average Bonchev–Trinajstić information content (AvgIpc) is 2.31. The van der Waals surface area contributed by atoms with E-state index in [1.807, 2.05) is 30.3 Å². The van der Waals surface area contributed by atoms with Crippen molar-refractivity contribution in [2.24, 2.45) is 0 Å². The van der Waals surface area contributed by atoms with Crippen molar-refractivity contribution in [1.82, 2.24) is 4.98 Å². The van der Waals surface area contributed by atoms with Crippen LogP contribution >= 0.6 is 0 Å². The molecule has 0 spiro atoms. The van der Waals surface area contributed by atoms with E-state index in [0.717, 1.165) is 5.69 Å². The van der Waals surface area contributed by atoms with Crippen molar-refractivity contribution >= 4 is 0 Å². The fourth-order valence-corrected chi connectivity index (χ4v) is 1.47. The molecule has 0 unspecified atom stereocenters. The molecule has 0 aliphatic heterocycles. The molecule has 2 nitrogen and oxygen atoms in total. The van der Waals surface area contributed by atoms with Gasteiger partial charge in [-0.25, -0.2) is 0 Å². The normalized spacial score (nSPS) is 9.53. The zero-order valence-electron chi connectivity index (χ0n) is 8.22. The molecule has 0 aliphatic carbocycles. The van der Waals surface area contributed by atoms with E-state index < -0.39 is 0 Å². The first-order valence-corrected chi connectivity index (χ1v) is 4.78. The highest BCUT2D eigenvalue weighted by molar-refractivity contribution is 5.35. The van der Waals surface area contributed by atoms with Crippen LogP contribution in [0, 0.1) is 11.3 Å². The quantitative estimate of drug-likeness (QED) is 0.736. The molecule has 2 heteroatoms. The van der Waals surface area contributed by atoms with Gasteiger partial charge in [-0.2, -0.15) is 5.26 Å². The van der Waals surface area contributed by atoms with Crippen LogP contribution in [0.5, 0.6) is 0 Å². The molecule has 0 atom stereocenters. The molecule has 0 amide bonds. The van der Waals surface area contributed by atoms with Gasteiger partial charge >= 0.3 is 0 Å². The lowest BCUT2D eigenvalue weighted by Crippen LogP contribution is -1.95. The van der Waals surface area contributed by atoms with Gasteiger partial charge < -0.3 is 0 Å². The highest BCUT2D eigenvalue weighted by atomic mass is 14.7. The Balaban J connectivity index is 2.29. The Kier molecular flexibility index (Phi) is 2.75. The lowest BCUT2D eigenvalue weighted by Gasteiger charge is -2.02. The number of hydrogen-bond donors (Lipinski definition) is 0. The van der Waals surface area contributed by atoms with Gasteiger partial charge in [0.15, 0.2) is 0 Å². The molecule has 0 fully saturated rings. The molecule has 0 aliphatic rings. The van der Waals surface area contributed by atoms with Gasteiger partial charge in [0.05, 0.1) is 11.3 Å². The Hall–Kier alpha value is -2.14. The van der Waals surface area contributed by atoms with Crippen molar-refractivity contribution in [3.63, 3.8) is 0 Å². The summed E-state index contributed by atoms with van der Waals surface area (Å²) in [6.07, 6.45) is 2.43. The van der Waals surface area contributed by atoms with Crippen molar-refractivity contribution in [1.29, 1.82) is 5.26 Å². The van der Waals surface area contributed by atoms with E-state index >= 15 is 0 Å². The molecular formula is C13H10N2. The van der Waals surface area contributed by atoms with E-state index in [0.29, 0.717) is 12.0 Å². The summed E-state index contributed by atoms with van der Waals surface area (Å²) in [6.45, 7) is 0. The molecular weight excluding hydrogens is 184 g/mol. The van der Waals surface area contributed by atoms with Crippen LogP contribution in [-0.4, -0.2) is 4.98 Å². The predicted molar refractivity (Wildman–Crippen MR) is 58.2 cm³/mol. The van der Waals surface area contributed by atoms with Gasteiger partial charge in [-0.15, -0.1) is 0 Å². The lowest BCUT2D eigenvalue weighted by molar-refractivity contribution is 1.06. The number of hydrogen-bond acceptors (Lipinski definition) is 2. The number of pyridine rings is 1. The second-order valence-electron chi connectivity index (χ2n) is 3.27. The standard InChI is InChI=1S/C13H10N2/c14-10-12-7-4-8-15-13(12)9-11-5-2-1-3-6-11/h1-8H,9H2. The Morgan fingerprint density at radius 2 is 1.87 bits per heavy atom. The Morgan fingerprint density at radius 1 is 1.07 bits per heavy atom. The maximum Gasteiger partial charge on any atom is 0.101 e. The second-order valence-corrected chi connectivity index (χ2v) is 3.27. The lowest BCUT2D eigenvalue weighted by atomic mass is 10.1. The van der Waals surface area contributed by atoms with Gasteiger partial charge in [-0.1, -0.05) is 30.3 Å². The second kappa shape index (κ2) is 4.39. The first kappa shape index (κ1) is 9.42. The van der Waals surface area contributed by atoms with Crippen molar-refractivity contribution in [2.45, 2.75) is 6.42 Å². The molecule has 0 saturated heterocycles. The van der Waals surface area contributed by atoms with Gasteiger partial charge in [-0.3, -0.25) is 4.98 Å². The molecule has 0 N–H and O–H groups in total. The van der Waals surface area contributed by atoms with Gasteiger partial charge in [0, 0.05) is 12.6 Å². The highest BCUT2D eigenvalue weighted by Gasteiger charge is 2.02. The first-order valence-electron chi connectivity index (χ1n) is 4.78. The zero-order valence-corrected chi connectivity index (χ0v) is 8.22. The summed E-state index contributed by atoms with van der Waals surface area (Å²) in [5, 5.41) is 8.91. The monoisotopic (exact) mass is 194 g/mol. The number of rotatable bonds is 2. The molecule has 1 heterocycles. The Morgan fingerprint density at radius 3 is 2.60 bits per heavy atom. The fourth-order valence-electron chi connectivity index (χ4n) is 1.47. The predicted octanol–water partition coefficient (Wildman–Crippen LogP) is 2.54. The number of nitriles is 1. The van der Waals surface area contributed by atoms with Crippen LogP contribution in [0.25, 0.3) is 0 Å². The highest BCUT2D eigenvalue weighted by Crippen LogP contribution is 2.10. The summed E-state index contributed by atoms with van der Waals surface area (Å²) in [7, 11) is 0. The van der Waals surface area contributed by atoms with E-state index in [9.17, 15) is 0 Å². The fraction of sp³-hybridized carbons (Fsp3) is 0.0769. The van der Waals surface area contributed by atoms with Crippen molar-refractivity contribution < 1.29 is 0 Å². The molecule has 0 saturated carbocycles. The Bertz CT molecular complexity index is 483. The third-order valence-electron chi connectivity index (χ3n) is 2.23. The maximum atomic E-state index is 8.91. The molecule has 1 aromatic carbocycles. The Labute approximate surface area is 88.8 Å². The third kappa shape index (κ3) is 2.21. The minimum Gasteiger partial charge on any atom is -0.260 e. The summed E-state index contributed by atoms with van der Waals surface area (Å²) in [5.41, 5.74) is 2.67. The number of benzene rings is 1. The summed E-state index contributed by atoms with van der Waals surface area (Å²) in [5.74, 6) is 0. The van der Waals surface area contributed by atoms with Crippen LogP contribution in [0.4, 0.5) is 0 Å². The van der Waals surface area contributed by atoms with Crippen LogP contribution in [0.15, 0.2) is 48.7 Å². The van der Waals surface area contributed by atoms with Gasteiger partial charge in [-0.05, 0) is 17.7 Å². The van der Waals surface area contributed by atoms with Crippen LogP contribution in [0.3, 0.4) is 0 Å². The summed E-state index contributed by atoms with van der Waals surface area (Å²) in [4.78, 5) is 4.22. The molecule has 72 valence electrons. The topological polar surface area (TPSA) is 36.7 Å². The molecule has 15 heavy (non-hydrogen) atoms. The first-order chi connectivity index (χ1) is 7.40. The van der Waals surface area contributed by atoms with E-state index in [4.69, 9.17) is 5.26 Å². The maximum absolute atomic E-state index is 8.91.